The van der Waals surface area contributed by atoms with Crippen molar-refractivity contribution in [1.82, 2.24) is 5.32 Å². The first kappa shape index (κ1) is 20.6. The zero-order chi connectivity index (χ0) is 21.0. The van der Waals surface area contributed by atoms with Crippen molar-refractivity contribution in [1.29, 1.82) is 0 Å². The number of hydrogen-bond acceptors (Lipinski definition) is 4. The van der Waals surface area contributed by atoms with Crippen molar-refractivity contribution in [3.8, 4) is 0 Å². The highest BCUT2D eigenvalue weighted by Gasteiger charge is 2.36. The summed E-state index contributed by atoms with van der Waals surface area (Å²) in [4.78, 5) is 38.8. The van der Waals surface area contributed by atoms with Gasteiger partial charge in [-0.3, -0.25) is 14.4 Å². The van der Waals surface area contributed by atoms with Crippen LogP contribution >= 0.6 is 11.3 Å². The lowest BCUT2D eigenvalue weighted by Crippen LogP contribution is -2.43. The largest absolute Gasteiger partial charge is 0.347 e. The van der Waals surface area contributed by atoms with Gasteiger partial charge in [-0.15, -0.1) is 0 Å². The maximum absolute atomic E-state index is 12.5. The van der Waals surface area contributed by atoms with E-state index in [1.54, 1.807) is 34.4 Å². The molecule has 0 radical (unpaired) electrons. The van der Waals surface area contributed by atoms with Crippen molar-refractivity contribution in [3.05, 3.63) is 46.7 Å². The van der Waals surface area contributed by atoms with E-state index in [1.807, 2.05) is 6.07 Å². The van der Waals surface area contributed by atoms with Crippen molar-refractivity contribution in [2.75, 3.05) is 23.3 Å². The molecule has 1 aliphatic heterocycles. The molecule has 0 bridgehead atoms. The van der Waals surface area contributed by atoms with Gasteiger partial charge >= 0.3 is 11.8 Å². The Hall–Kier alpha value is -2.67. The zero-order valence-electron chi connectivity index (χ0n) is 17.0. The molecule has 7 heteroatoms. The summed E-state index contributed by atoms with van der Waals surface area (Å²) < 4.78 is 0. The van der Waals surface area contributed by atoms with Crippen LogP contribution in [0.25, 0.3) is 0 Å². The SMILES string of the molecule is O=C(NCC1(c2ccsc2)CCCC1)C(=O)Nc1cccc(N2CCCCC2=O)c1. The van der Waals surface area contributed by atoms with Crippen LogP contribution in [0.15, 0.2) is 41.1 Å². The molecule has 4 rings (SSSR count). The predicted octanol–water partition coefficient (Wildman–Crippen LogP) is 3.83. The molecule has 30 heavy (non-hydrogen) atoms. The molecule has 2 N–H and O–H groups in total. The average Bonchev–Trinajstić information content (AvgIpc) is 3.45. The van der Waals surface area contributed by atoms with Gasteiger partial charge in [-0.25, -0.2) is 0 Å². The number of carbonyl (C=O) groups excluding carboxylic acids is 3. The maximum Gasteiger partial charge on any atom is 0.313 e. The highest BCUT2D eigenvalue weighted by Crippen LogP contribution is 2.41. The molecule has 2 aromatic rings. The highest BCUT2D eigenvalue weighted by molar-refractivity contribution is 7.08. The van der Waals surface area contributed by atoms with Crippen molar-refractivity contribution < 1.29 is 14.4 Å². The number of hydrogen-bond donors (Lipinski definition) is 2. The zero-order valence-corrected chi connectivity index (χ0v) is 17.8. The third-order valence-corrected chi connectivity index (χ3v) is 6.91. The summed E-state index contributed by atoms with van der Waals surface area (Å²) in [6.07, 6.45) is 6.76. The Morgan fingerprint density at radius 2 is 1.90 bits per heavy atom. The molecule has 1 aliphatic carbocycles. The Morgan fingerprint density at radius 1 is 1.07 bits per heavy atom. The van der Waals surface area contributed by atoms with Gasteiger partial charge in [0.1, 0.15) is 0 Å². The third-order valence-electron chi connectivity index (χ3n) is 6.23. The second-order valence-corrected chi connectivity index (χ2v) is 8.97. The lowest BCUT2D eigenvalue weighted by atomic mass is 9.80. The van der Waals surface area contributed by atoms with E-state index in [-0.39, 0.29) is 11.3 Å². The van der Waals surface area contributed by atoms with Crippen LogP contribution < -0.4 is 15.5 Å². The molecule has 1 saturated carbocycles. The van der Waals surface area contributed by atoms with E-state index in [2.05, 4.69) is 27.5 Å². The van der Waals surface area contributed by atoms with Gasteiger partial charge in [-0.1, -0.05) is 18.9 Å². The predicted molar refractivity (Wildman–Crippen MR) is 119 cm³/mol. The molecule has 0 atom stereocenters. The molecule has 158 valence electrons. The van der Waals surface area contributed by atoms with Crippen molar-refractivity contribution in [3.63, 3.8) is 0 Å². The normalized spacial score (nSPS) is 18.3. The average molecular weight is 426 g/mol. The van der Waals surface area contributed by atoms with Crippen LogP contribution in [0.2, 0.25) is 0 Å². The summed E-state index contributed by atoms with van der Waals surface area (Å²) in [7, 11) is 0. The van der Waals surface area contributed by atoms with Gasteiger partial charge in [0.05, 0.1) is 0 Å². The topological polar surface area (TPSA) is 78.5 Å². The molecule has 2 aliphatic rings. The van der Waals surface area contributed by atoms with E-state index in [0.29, 0.717) is 25.2 Å². The molecule has 2 fully saturated rings. The van der Waals surface area contributed by atoms with E-state index in [4.69, 9.17) is 0 Å². The van der Waals surface area contributed by atoms with Gasteiger partial charge in [-0.2, -0.15) is 11.3 Å². The first-order chi connectivity index (χ1) is 14.6. The minimum absolute atomic E-state index is 0.0650. The summed E-state index contributed by atoms with van der Waals surface area (Å²) in [5.41, 5.74) is 2.45. The summed E-state index contributed by atoms with van der Waals surface area (Å²) in [5.74, 6) is -1.22. The quantitative estimate of drug-likeness (QED) is 0.715. The van der Waals surface area contributed by atoms with E-state index >= 15 is 0 Å². The van der Waals surface area contributed by atoms with Gasteiger partial charge in [0.15, 0.2) is 0 Å². The summed E-state index contributed by atoms with van der Waals surface area (Å²) in [6, 6.07) is 9.24. The number of nitrogens with zero attached hydrogens (tertiary/aromatic N) is 1. The van der Waals surface area contributed by atoms with Gasteiger partial charge in [-0.05, 0) is 66.3 Å². The maximum atomic E-state index is 12.5. The second-order valence-electron chi connectivity index (χ2n) is 8.19. The Morgan fingerprint density at radius 3 is 2.63 bits per heavy atom. The Kier molecular flexibility index (Phi) is 6.18. The molecule has 0 spiro atoms. The molecule has 1 aromatic heterocycles. The van der Waals surface area contributed by atoms with Crippen molar-refractivity contribution >= 4 is 40.4 Å². The van der Waals surface area contributed by atoms with Crippen LogP contribution in [0, 0.1) is 0 Å². The highest BCUT2D eigenvalue weighted by atomic mass is 32.1. The molecular weight excluding hydrogens is 398 g/mol. The molecule has 0 unspecified atom stereocenters. The number of thiophene rings is 1. The van der Waals surface area contributed by atoms with Crippen molar-refractivity contribution in [2.24, 2.45) is 0 Å². The minimum atomic E-state index is -0.685. The Balaban J connectivity index is 1.37. The van der Waals surface area contributed by atoms with Gasteiger partial charge in [0, 0.05) is 36.3 Å². The van der Waals surface area contributed by atoms with Crippen LogP contribution in [-0.2, 0) is 19.8 Å². The van der Waals surface area contributed by atoms with Crippen LogP contribution in [0.3, 0.4) is 0 Å². The van der Waals surface area contributed by atoms with Gasteiger partial charge in [0.2, 0.25) is 5.91 Å². The standard InChI is InChI=1S/C23H27N3O3S/c27-20-8-1-4-12-26(20)19-7-5-6-18(14-19)25-22(29)21(28)24-16-23(10-2-3-11-23)17-9-13-30-15-17/h5-7,9,13-15H,1-4,8,10-12,16H2,(H,24,28)(H,25,29). The summed E-state index contributed by atoms with van der Waals surface area (Å²) >= 11 is 1.66. The van der Waals surface area contributed by atoms with Crippen LogP contribution in [0.5, 0.6) is 0 Å². The van der Waals surface area contributed by atoms with E-state index in [9.17, 15) is 14.4 Å². The summed E-state index contributed by atoms with van der Waals surface area (Å²) in [5, 5.41) is 9.72. The third kappa shape index (κ3) is 4.41. The minimum Gasteiger partial charge on any atom is -0.347 e. The first-order valence-electron chi connectivity index (χ1n) is 10.6. The molecule has 1 aromatic carbocycles. The number of anilines is 2. The fourth-order valence-corrected chi connectivity index (χ4v) is 5.31. The van der Waals surface area contributed by atoms with E-state index in [1.165, 1.54) is 5.56 Å². The second kappa shape index (κ2) is 9.00. The van der Waals surface area contributed by atoms with Crippen LogP contribution in [-0.4, -0.2) is 30.8 Å². The first-order valence-corrected chi connectivity index (χ1v) is 11.5. The number of rotatable bonds is 5. The molecule has 3 amide bonds. The fourth-order valence-electron chi connectivity index (χ4n) is 4.53. The fraction of sp³-hybridized carbons (Fsp3) is 0.435. The summed E-state index contributed by atoms with van der Waals surface area (Å²) in [6.45, 7) is 1.15. The Labute approximate surface area is 180 Å². The van der Waals surface area contributed by atoms with Crippen molar-refractivity contribution in [2.45, 2.75) is 50.4 Å². The number of carbonyl (C=O) groups is 3. The van der Waals surface area contributed by atoms with E-state index in [0.717, 1.165) is 44.2 Å². The monoisotopic (exact) mass is 425 g/mol. The number of nitrogens with one attached hydrogen (secondary N) is 2. The lowest BCUT2D eigenvalue weighted by molar-refractivity contribution is -0.136. The smallest absolute Gasteiger partial charge is 0.313 e. The van der Waals surface area contributed by atoms with Crippen LogP contribution in [0.4, 0.5) is 11.4 Å². The number of benzene rings is 1. The molecule has 6 nitrogen and oxygen atoms in total. The number of piperidine rings is 1. The molecular formula is C23H27N3O3S. The molecule has 1 saturated heterocycles. The number of amides is 3. The molecule has 2 heterocycles. The van der Waals surface area contributed by atoms with Gasteiger partial charge < -0.3 is 15.5 Å². The van der Waals surface area contributed by atoms with E-state index < -0.39 is 11.8 Å². The van der Waals surface area contributed by atoms with Gasteiger partial charge in [0.25, 0.3) is 0 Å². The van der Waals surface area contributed by atoms with Crippen LogP contribution in [0.1, 0.15) is 50.5 Å². The lowest BCUT2D eigenvalue weighted by Gasteiger charge is -2.28. The Bertz CT molecular complexity index is 920.